The summed E-state index contributed by atoms with van der Waals surface area (Å²) in [6.45, 7) is 2.30. The molecule has 0 saturated heterocycles. The molecule has 2 amide bonds. The van der Waals surface area contributed by atoms with Gasteiger partial charge in [-0.2, -0.15) is 0 Å². The van der Waals surface area contributed by atoms with Gasteiger partial charge >= 0.3 is 5.97 Å². The quantitative estimate of drug-likeness (QED) is 0.731. The highest BCUT2D eigenvalue weighted by molar-refractivity contribution is 6.04. The lowest BCUT2D eigenvalue weighted by atomic mass is 10.1. The molecule has 7 heteroatoms. The van der Waals surface area contributed by atoms with E-state index in [1.165, 1.54) is 0 Å². The number of para-hydroxylation sites is 1. The van der Waals surface area contributed by atoms with Crippen molar-refractivity contribution in [3.63, 3.8) is 0 Å². The maximum atomic E-state index is 12.4. The number of benzene rings is 1. The zero-order chi connectivity index (χ0) is 19.2. The van der Waals surface area contributed by atoms with Gasteiger partial charge in [0.15, 0.2) is 0 Å². The van der Waals surface area contributed by atoms with Crippen molar-refractivity contribution in [3.05, 3.63) is 59.9 Å². The monoisotopic (exact) mass is 367 g/mol. The summed E-state index contributed by atoms with van der Waals surface area (Å²) in [7, 11) is 0. The summed E-state index contributed by atoms with van der Waals surface area (Å²) in [5.74, 6) is -1.69. The maximum Gasteiger partial charge on any atom is 0.340 e. The Labute approximate surface area is 157 Å². The number of pyridine rings is 1. The predicted molar refractivity (Wildman–Crippen MR) is 98.7 cm³/mol. The molecule has 0 radical (unpaired) electrons. The second-order valence-corrected chi connectivity index (χ2v) is 6.24. The van der Waals surface area contributed by atoms with Crippen LogP contribution in [0.5, 0.6) is 0 Å². The van der Waals surface area contributed by atoms with Crippen molar-refractivity contribution >= 4 is 23.5 Å². The van der Waals surface area contributed by atoms with Gasteiger partial charge in [-0.25, -0.2) is 4.79 Å². The molecule has 1 heterocycles. The van der Waals surface area contributed by atoms with Crippen LogP contribution in [0.3, 0.4) is 0 Å². The Morgan fingerprint density at radius 1 is 1.07 bits per heavy atom. The molecular weight excluding hydrogens is 346 g/mol. The highest BCUT2D eigenvalue weighted by atomic mass is 16.5. The summed E-state index contributed by atoms with van der Waals surface area (Å²) in [5, 5.41) is 5.54. The third-order valence-electron chi connectivity index (χ3n) is 4.31. The summed E-state index contributed by atoms with van der Waals surface area (Å²) in [5.41, 5.74) is 1.45. The van der Waals surface area contributed by atoms with E-state index in [-0.39, 0.29) is 24.3 Å². The fraction of sp³-hybridized carbons (Fsp3) is 0.300. The minimum absolute atomic E-state index is 0.167. The molecule has 1 aliphatic carbocycles. The smallest absolute Gasteiger partial charge is 0.340 e. The van der Waals surface area contributed by atoms with E-state index in [0.29, 0.717) is 24.2 Å². The molecular formula is C20H21N3O4. The van der Waals surface area contributed by atoms with Crippen molar-refractivity contribution in [2.45, 2.75) is 19.9 Å². The van der Waals surface area contributed by atoms with Crippen molar-refractivity contribution < 1.29 is 19.1 Å². The largest absolute Gasteiger partial charge is 0.462 e. The fourth-order valence-corrected chi connectivity index (χ4v) is 2.79. The number of hydrogen-bond donors (Lipinski definition) is 2. The number of hydrogen-bond acceptors (Lipinski definition) is 5. The van der Waals surface area contributed by atoms with Gasteiger partial charge in [0.05, 0.1) is 41.9 Å². The van der Waals surface area contributed by atoms with E-state index in [1.54, 1.807) is 43.5 Å². The van der Waals surface area contributed by atoms with Crippen LogP contribution in [0.4, 0.5) is 5.69 Å². The second-order valence-electron chi connectivity index (χ2n) is 6.24. The lowest BCUT2D eigenvalue weighted by molar-refractivity contribution is -0.125. The van der Waals surface area contributed by atoms with Gasteiger partial charge in [-0.05, 0) is 37.6 Å². The van der Waals surface area contributed by atoms with E-state index in [0.717, 1.165) is 5.69 Å². The van der Waals surface area contributed by atoms with Crippen molar-refractivity contribution in [2.24, 2.45) is 11.8 Å². The highest BCUT2D eigenvalue weighted by Gasteiger charge is 2.48. The number of anilines is 1. The molecule has 1 fully saturated rings. The topological polar surface area (TPSA) is 97.4 Å². The second kappa shape index (κ2) is 8.44. The lowest BCUT2D eigenvalue weighted by Crippen LogP contribution is -2.27. The number of ether oxygens (including phenoxy) is 1. The van der Waals surface area contributed by atoms with Crippen LogP contribution < -0.4 is 10.6 Å². The maximum absolute atomic E-state index is 12.4. The Hall–Kier alpha value is -3.22. The molecule has 1 aromatic heterocycles. The molecule has 7 nitrogen and oxygen atoms in total. The van der Waals surface area contributed by atoms with Crippen LogP contribution >= 0.6 is 0 Å². The van der Waals surface area contributed by atoms with Crippen molar-refractivity contribution in [3.8, 4) is 0 Å². The number of rotatable bonds is 7. The van der Waals surface area contributed by atoms with Crippen LogP contribution in [0.25, 0.3) is 0 Å². The van der Waals surface area contributed by atoms with Gasteiger partial charge in [0.1, 0.15) is 0 Å². The Kier molecular flexibility index (Phi) is 5.80. The number of carbonyl (C=O) groups excluding carboxylic acids is 3. The molecule has 140 valence electrons. The van der Waals surface area contributed by atoms with Crippen LogP contribution in [0.1, 0.15) is 29.4 Å². The fourth-order valence-electron chi connectivity index (χ4n) is 2.79. The van der Waals surface area contributed by atoms with Crippen molar-refractivity contribution in [1.82, 2.24) is 10.3 Å². The normalized spacial score (nSPS) is 17.7. The third kappa shape index (κ3) is 4.69. The number of carbonyl (C=O) groups is 3. The zero-order valence-corrected chi connectivity index (χ0v) is 15.0. The first kappa shape index (κ1) is 18.6. The van der Waals surface area contributed by atoms with E-state index < -0.39 is 11.9 Å². The molecule has 0 bridgehead atoms. The zero-order valence-electron chi connectivity index (χ0n) is 15.0. The molecule has 3 rings (SSSR count). The minimum Gasteiger partial charge on any atom is -0.462 e. The molecule has 2 unspecified atom stereocenters. The minimum atomic E-state index is -0.492. The van der Waals surface area contributed by atoms with Gasteiger partial charge in [0, 0.05) is 6.20 Å². The van der Waals surface area contributed by atoms with E-state index in [1.807, 2.05) is 12.1 Å². The Balaban J connectivity index is 1.54. The van der Waals surface area contributed by atoms with Gasteiger partial charge in [0.2, 0.25) is 11.8 Å². The van der Waals surface area contributed by atoms with Crippen LogP contribution in [0.15, 0.2) is 48.7 Å². The van der Waals surface area contributed by atoms with E-state index in [4.69, 9.17) is 4.74 Å². The number of nitrogens with zero attached hydrogens (tertiary/aromatic N) is 1. The first-order valence-corrected chi connectivity index (χ1v) is 8.84. The summed E-state index contributed by atoms with van der Waals surface area (Å²) in [6.07, 6.45) is 2.15. The number of amides is 2. The summed E-state index contributed by atoms with van der Waals surface area (Å²) in [6, 6.07) is 12.1. The standard InChI is InChI=1S/C20H21N3O4/c1-2-27-20(26)14-8-3-4-9-17(14)23-19(25)16-11-15(16)18(24)22-12-13-7-5-6-10-21-13/h3-10,15-16H,2,11-12H2,1H3,(H,22,24)(H,23,25). The van der Waals surface area contributed by atoms with E-state index in [9.17, 15) is 14.4 Å². The van der Waals surface area contributed by atoms with Crippen LogP contribution in [0.2, 0.25) is 0 Å². The molecule has 2 aromatic rings. The molecule has 1 aliphatic rings. The lowest BCUT2D eigenvalue weighted by Gasteiger charge is -2.10. The van der Waals surface area contributed by atoms with Gasteiger partial charge in [0.25, 0.3) is 0 Å². The summed E-state index contributed by atoms with van der Waals surface area (Å²) >= 11 is 0. The van der Waals surface area contributed by atoms with Crippen LogP contribution in [-0.4, -0.2) is 29.4 Å². The number of aromatic nitrogens is 1. The average Bonchev–Trinajstić information content (AvgIpc) is 3.49. The molecule has 1 aromatic carbocycles. The average molecular weight is 367 g/mol. The van der Waals surface area contributed by atoms with E-state index >= 15 is 0 Å². The van der Waals surface area contributed by atoms with Gasteiger partial charge in [-0.3, -0.25) is 14.6 Å². The SMILES string of the molecule is CCOC(=O)c1ccccc1NC(=O)C1CC1C(=O)NCc1ccccn1. The number of nitrogens with one attached hydrogen (secondary N) is 2. The Bertz CT molecular complexity index is 838. The van der Waals surface area contributed by atoms with Crippen molar-refractivity contribution in [2.75, 3.05) is 11.9 Å². The van der Waals surface area contributed by atoms with Gasteiger partial charge in [-0.15, -0.1) is 0 Å². The molecule has 27 heavy (non-hydrogen) atoms. The first-order valence-electron chi connectivity index (χ1n) is 8.84. The van der Waals surface area contributed by atoms with Crippen LogP contribution in [0, 0.1) is 11.8 Å². The molecule has 0 spiro atoms. The van der Waals surface area contributed by atoms with Gasteiger partial charge < -0.3 is 15.4 Å². The van der Waals surface area contributed by atoms with Crippen LogP contribution in [-0.2, 0) is 20.9 Å². The molecule has 2 atom stereocenters. The Morgan fingerprint density at radius 2 is 1.81 bits per heavy atom. The molecule has 0 aliphatic heterocycles. The van der Waals surface area contributed by atoms with E-state index in [2.05, 4.69) is 15.6 Å². The molecule has 1 saturated carbocycles. The van der Waals surface area contributed by atoms with Crippen molar-refractivity contribution in [1.29, 1.82) is 0 Å². The third-order valence-corrected chi connectivity index (χ3v) is 4.31. The Morgan fingerprint density at radius 3 is 2.56 bits per heavy atom. The first-order chi connectivity index (χ1) is 13.1. The summed E-state index contributed by atoms with van der Waals surface area (Å²) in [4.78, 5) is 40.8. The number of esters is 1. The highest BCUT2D eigenvalue weighted by Crippen LogP contribution is 2.39. The molecule has 2 N–H and O–H groups in total. The predicted octanol–water partition coefficient (Wildman–Crippen LogP) is 2.15. The summed E-state index contributed by atoms with van der Waals surface area (Å²) < 4.78 is 5.00. The van der Waals surface area contributed by atoms with Gasteiger partial charge in [-0.1, -0.05) is 18.2 Å².